The Hall–Kier alpha value is -2.23. The summed E-state index contributed by atoms with van der Waals surface area (Å²) in [4.78, 5) is 11.7. The molecule has 4 nitrogen and oxygen atoms in total. The zero-order valence-corrected chi connectivity index (χ0v) is 10.4. The van der Waals surface area contributed by atoms with Crippen molar-refractivity contribution in [3.63, 3.8) is 0 Å². The van der Waals surface area contributed by atoms with Crippen molar-refractivity contribution in [2.24, 2.45) is 0 Å². The molecule has 1 amide bonds. The molecule has 1 aromatic carbocycles. The molecule has 1 N–H and O–H groups in total. The third-order valence-corrected chi connectivity index (χ3v) is 2.19. The molecule has 0 aliphatic rings. The molecule has 0 aliphatic heterocycles. The van der Waals surface area contributed by atoms with Crippen LogP contribution in [0.4, 0.5) is 0 Å². The van der Waals surface area contributed by atoms with E-state index in [1.54, 1.807) is 30.4 Å². The molecular weight excluding hydrogens is 230 g/mol. The van der Waals surface area contributed by atoms with E-state index in [1.807, 2.05) is 0 Å². The van der Waals surface area contributed by atoms with Crippen molar-refractivity contribution in [3.8, 4) is 11.5 Å². The van der Waals surface area contributed by atoms with Gasteiger partial charge in [0.25, 0.3) is 5.91 Å². The summed E-state index contributed by atoms with van der Waals surface area (Å²) in [6.45, 7) is 7.92. The maximum absolute atomic E-state index is 11.7. The zero-order chi connectivity index (χ0) is 13.4. The van der Waals surface area contributed by atoms with Gasteiger partial charge in [-0.1, -0.05) is 18.7 Å². The standard InChI is InChI=1S/C14H17NO3/c1-4-8-15-14(16)11-6-7-12(18-9-5-2)13(10-11)17-3/h4-7,10H,1-2,8-9H2,3H3,(H,15,16). The molecule has 4 heteroatoms. The van der Waals surface area contributed by atoms with Gasteiger partial charge in [-0.05, 0) is 18.2 Å². The molecule has 0 aromatic heterocycles. The molecule has 18 heavy (non-hydrogen) atoms. The van der Waals surface area contributed by atoms with Gasteiger partial charge in [0.2, 0.25) is 0 Å². The van der Waals surface area contributed by atoms with Crippen molar-refractivity contribution in [1.29, 1.82) is 0 Å². The first-order valence-electron chi connectivity index (χ1n) is 5.53. The number of carbonyl (C=O) groups is 1. The number of nitrogens with one attached hydrogen (secondary N) is 1. The van der Waals surface area contributed by atoms with Crippen LogP contribution in [0.5, 0.6) is 11.5 Å². The Morgan fingerprint density at radius 3 is 2.72 bits per heavy atom. The lowest BCUT2D eigenvalue weighted by Crippen LogP contribution is -2.23. The fraction of sp³-hybridized carbons (Fsp3) is 0.214. The molecule has 96 valence electrons. The lowest BCUT2D eigenvalue weighted by atomic mass is 10.2. The summed E-state index contributed by atoms with van der Waals surface area (Å²) < 4.78 is 10.6. The topological polar surface area (TPSA) is 47.6 Å². The van der Waals surface area contributed by atoms with Gasteiger partial charge >= 0.3 is 0 Å². The molecule has 0 bridgehead atoms. The first-order valence-corrected chi connectivity index (χ1v) is 5.53. The van der Waals surface area contributed by atoms with Gasteiger partial charge in [0.1, 0.15) is 6.61 Å². The average Bonchev–Trinajstić information content (AvgIpc) is 2.42. The van der Waals surface area contributed by atoms with Crippen LogP contribution in [0.25, 0.3) is 0 Å². The minimum atomic E-state index is -0.177. The zero-order valence-electron chi connectivity index (χ0n) is 10.4. The van der Waals surface area contributed by atoms with E-state index in [1.165, 1.54) is 7.11 Å². The van der Waals surface area contributed by atoms with E-state index in [4.69, 9.17) is 9.47 Å². The normalized spacial score (nSPS) is 9.39. The second kappa shape index (κ2) is 7.17. The molecule has 0 saturated carbocycles. The molecule has 0 fully saturated rings. The van der Waals surface area contributed by atoms with Gasteiger partial charge in [0.15, 0.2) is 11.5 Å². The summed E-state index contributed by atoms with van der Waals surface area (Å²) in [6, 6.07) is 5.02. The molecule has 0 spiro atoms. The number of benzene rings is 1. The summed E-state index contributed by atoms with van der Waals surface area (Å²) >= 11 is 0. The van der Waals surface area contributed by atoms with Crippen molar-refractivity contribution < 1.29 is 14.3 Å². The summed E-state index contributed by atoms with van der Waals surface area (Å²) in [5.74, 6) is 0.921. The van der Waals surface area contributed by atoms with E-state index in [2.05, 4.69) is 18.5 Å². The Bertz CT molecular complexity index is 441. The summed E-state index contributed by atoms with van der Waals surface area (Å²) in [5, 5.41) is 2.69. The molecule has 0 atom stereocenters. The second-order valence-electron chi connectivity index (χ2n) is 3.46. The van der Waals surface area contributed by atoms with Crippen LogP contribution in [-0.2, 0) is 0 Å². The summed E-state index contributed by atoms with van der Waals surface area (Å²) in [5.41, 5.74) is 0.514. The monoisotopic (exact) mass is 247 g/mol. The highest BCUT2D eigenvalue weighted by Crippen LogP contribution is 2.27. The third-order valence-electron chi connectivity index (χ3n) is 2.19. The molecule has 0 radical (unpaired) electrons. The van der Waals surface area contributed by atoms with Crippen LogP contribution in [0.2, 0.25) is 0 Å². The molecule has 1 rings (SSSR count). The maximum atomic E-state index is 11.7. The van der Waals surface area contributed by atoms with Crippen LogP contribution in [0, 0.1) is 0 Å². The third kappa shape index (κ3) is 3.66. The SMILES string of the molecule is C=CCNC(=O)c1ccc(OCC=C)c(OC)c1. The lowest BCUT2D eigenvalue weighted by Gasteiger charge is -2.10. The van der Waals surface area contributed by atoms with E-state index in [9.17, 15) is 4.79 Å². The first kappa shape index (κ1) is 13.8. The van der Waals surface area contributed by atoms with E-state index in [0.29, 0.717) is 30.2 Å². The van der Waals surface area contributed by atoms with Gasteiger partial charge in [0.05, 0.1) is 7.11 Å². The molecule has 0 unspecified atom stereocenters. The smallest absolute Gasteiger partial charge is 0.251 e. The van der Waals surface area contributed by atoms with Gasteiger partial charge in [0, 0.05) is 12.1 Å². The highest BCUT2D eigenvalue weighted by molar-refractivity contribution is 5.94. The number of carbonyl (C=O) groups excluding carboxylic acids is 1. The van der Waals surface area contributed by atoms with Crippen molar-refractivity contribution in [2.45, 2.75) is 0 Å². The minimum Gasteiger partial charge on any atom is -0.493 e. The minimum absolute atomic E-state index is 0.177. The molecule has 0 aliphatic carbocycles. The number of methoxy groups -OCH3 is 1. The number of rotatable bonds is 7. The Balaban J connectivity index is 2.86. The quantitative estimate of drug-likeness (QED) is 0.751. The summed E-state index contributed by atoms with van der Waals surface area (Å²) in [7, 11) is 1.53. The van der Waals surface area contributed by atoms with E-state index >= 15 is 0 Å². The number of hydrogen-bond acceptors (Lipinski definition) is 3. The fourth-order valence-electron chi connectivity index (χ4n) is 1.34. The lowest BCUT2D eigenvalue weighted by molar-refractivity contribution is 0.0957. The van der Waals surface area contributed by atoms with Crippen LogP contribution >= 0.6 is 0 Å². The Morgan fingerprint density at radius 1 is 1.33 bits per heavy atom. The van der Waals surface area contributed by atoms with Gasteiger partial charge < -0.3 is 14.8 Å². The fourth-order valence-corrected chi connectivity index (χ4v) is 1.34. The predicted octanol–water partition coefficient (Wildman–Crippen LogP) is 2.18. The van der Waals surface area contributed by atoms with E-state index in [0.717, 1.165) is 0 Å². The van der Waals surface area contributed by atoms with Crippen molar-refractivity contribution in [2.75, 3.05) is 20.3 Å². The van der Waals surface area contributed by atoms with Gasteiger partial charge in [-0.2, -0.15) is 0 Å². The average molecular weight is 247 g/mol. The number of hydrogen-bond donors (Lipinski definition) is 1. The Morgan fingerprint density at radius 2 is 2.11 bits per heavy atom. The van der Waals surface area contributed by atoms with Crippen LogP contribution in [-0.4, -0.2) is 26.2 Å². The highest BCUT2D eigenvalue weighted by Gasteiger charge is 2.10. The van der Waals surface area contributed by atoms with Crippen LogP contribution in [0.15, 0.2) is 43.5 Å². The number of amides is 1. The second-order valence-corrected chi connectivity index (χ2v) is 3.46. The van der Waals surface area contributed by atoms with E-state index in [-0.39, 0.29) is 5.91 Å². The Kier molecular flexibility index (Phi) is 5.51. The highest BCUT2D eigenvalue weighted by atomic mass is 16.5. The van der Waals surface area contributed by atoms with Gasteiger partial charge in [-0.15, -0.1) is 6.58 Å². The molecule has 1 aromatic rings. The van der Waals surface area contributed by atoms with E-state index < -0.39 is 0 Å². The van der Waals surface area contributed by atoms with Gasteiger partial charge in [-0.25, -0.2) is 0 Å². The first-order chi connectivity index (χ1) is 8.72. The van der Waals surface area contributed by atoms with Gasteiger partial charge in [-0.3, -0.25) is 4.79 Å². The maximum Gasteiger partial charge on any atom is 0.251 e. The van der Waals surface area contributed by atoms with Crippen LogP contribution in [0.1, 0.15) is 10.4 Å². The molecule has 0 heterocycles. The van der Waals surface area contributed by atoms with Crippen molar-refractivity contribution in [3.05, 3.63) is 49.1 Å². The number of ether oxygens (including phenoxy) is 2. The Labute approximate surface area is 107 Å². The molecule has 0 saturated heterocycles. The van der Waals surface area contributed by atoms with Crippen molar-refractivity contribution in [1.82, 2.24) is 5.32 Å². The van der Waals surface area contributed by atoms with Crippen LogP contribution in [0.3, 0.4) is 0 Å². The van der Waals surface area contributed by atoms with Crippen molar-refractivity contribution >= 4 is 5.91 Å². The summed E-state index contributed by atoms with van der Waals surface area (Å²) in [6.07, 6.45) is 3.26. The largest absolute Gasteiger partial charge is 0.493 e. The molecular formula is C14H17NO3. The van der Waals surface area contributed by atoms with Crippen LogP contribution < -0.4 is 14.8 Å². The predicted molar refractivity (Wildman–Crippen MR) is 71.2 cm³/mol.